The number of ether oxygens (including phenoxy) is 2. The van der Waals surface area contributed by atoms with E-state index >= 15 is 0 Å². The molecule has 2 N–H and O–H groups in total. The van der Waals surface area contributed by atoms with Gasteiger partial charge >= 0.3 is 6.09 Å². The number of hydrogen-bond donors (Lipinski definition) is 2. The molecule has 1 aliphatic heterocycles. The Kier molecular flexibility index (Phi) is 5.32. The van der Waals surface area contributed by atoms with Crippen molar-refractivity contribution in [1.82, 2.24) is 9.88 Å². The monoisotopic (exact) mass is 354 g/mol. The lowest BCUT2D eigenvalue weighted by Crippen LogP contribution is -2.41. The van der Waals surface area contributed by atoms with Crippen molar-refractivity contribution in [3.05, 3.63) is 22.9 Å². The minimum atomic E-state index is -2.68. The van der Waals surface area contributed by atoms with Crippen LogP contribution in [0.25, 0.3) is 0 Å². The molecule has 0 spiro atoms. The minimum Gasteiger partial charge on any atom is -0.481 e. The molecule has 7 heteroatoms. The standard InChI is InChI=1S/C18H28N2O5/c1-18(2,3)25-17(23)20-7-5-12(6-8-20)14-9-13(10-21)15(11-22)19-16(14)24-4/h9,12,21-22H,5-8,10-11H2,1-4H3/i11D2. The Morgan fingerprint density at radius 3 is 2.52 bits per heavy atom. The number of hydrogen-bond acceptors (Lipinski definition) is 6. The molecule has 1 aliphatic rings. The molecule has 1 fully saturated rings. The van der Waals surface area contributed by atoms with E-state index in [-0.39, 0.29) is 29.1 Å². The molecular formula is C18H28N2O5. The molecule has 2 heterocycles. The molecule has 0 unspecified atom stereocenters. The number of rotatable bonds is 4. The van der Waals surface area contributed by atoms with Crippen LogP contribution in [-0.4, -0.2) is 52.0 Å². The summed E-state index contributed by atoms with van der Waals surface area (Å²) in [6.07, 6.45) is 0.979. The number of carbonyl (C=O) groups excluding carboxylic acids is 1. The van der Waals surface area contributed by atoms with Gasteiger partial charge in [0, 0.05) is 24.2 Å². The normalized spacial score (nSPS) is 17.8. The lowest BCUT2D eigenvalue weighted by molar-refractivity contribution is 0.0204. The molecule has 0 saturated carbocycles. The van der Waals surface area contributed by atoms with Crippen molar-refractivity contribution in [2.75, 3.05) is 20.2 Å². The summed E-state index contributed by atoms with van der Waals surface area (Å²) in [5, 5.41) is 19.2. The fourth-order valence-electron chi connectivity index (χ4n) is 2.93. The Labute approximate surface area is 151 Å². The maximum Gasteiger partial charge on any atom is 0.410 e. The number of aliphatic hydroxyl groups is 2. The number of piperidine rings is 1. The zero-order valence-corrected chi connectivity index (χ0v) is 15.2. The van der Waals surface area contributed by atoms with Crippen LogP contribution in [0.2, 0.25) is 0 Å². The Morgan fingerprint density at radius 2 is 2.04 bits per heavy atom. The molecule has 0 aromatic carbocycles. The summed E-state index contributed by atoms with van der Waals surface area (Å²) in [4.78, 5) is 18.0. The first-order valence-corrected chi connectivity index (χ1v) is 8.35. The van der Waals surface area contributed by atoms with Crippen molar-refractivity contribution in [2.24, 2.45) is 0 Å². The maximum absolute atomic E-state index is 12.2. The van der Waals surface area contributed by atoms with E-state index in [2.05, 4.69) is 4.98 Å². The van der Waals surface area contributed by atoms with E-state index in [1.165, 1.54) is 7.11 Å². The lowest BCUT2D eigenvalue weighted by Gasteiger charge is -2.34. The van der Waals surface area contributed by atoms with Crippen LogP contribution in [0, 0.1) is 0 Å². The van der Waals surface area contributed by atoms with Crippen molar-refractivity contribution in [3.63, 3.8) is 0 Å². The molecule has 0 bridgehead atoms. The van der Waals surface area contributed by atoms with Crippen LogP contribution in [0.4, 0.5) is 4.79 Å². The van der Waals surface area contributed by atoms with E-state index < -0.39 is 18.8 Å². The van der Waals surface area contributed by atoms with E-state index in [0.29, 0.717) is 25.9 Å². The van der Waals surface area contributed by atoms with Gasteiger partial charge in [-0.3, -0.25) is 0 Å². The molecule has 1 saturated heterocycles. The first kappa shape index (κ1) is 16.6. The van der Waals surface area contributed by atoms with Gasteiger partial charge in [-0.1, -0.05) is 0 Å². The summed E-state index contributed by atoms with van der Waals surface area (Å²) in [6.45, 7) is 3.38. The Morgan fingerprint density at radius 1 is 1.40 bits per heavy atom. The fraction of sp³-hybridized carbons (Fsp3) is 0.667. The SMILES string of the molecule is [2H]C([2H])(O)c1nc(OC)c(C2CCN(C(=O)OC(C)(C)C)CC2)cc1CO. The summed E-state index contributed by atoms with van der Waals surface area (Å²) < 4.78 is 25.7. The van der Waals surface area contributed by atoms with Gasteiger partial charge in [-0.05, 0) is 45.6 Å². The number of nitrogens with zero attached hydrogens (tertiary/aromatic N) is 2. The third-order valence-corrected chi connectivity index (χ3v) is 4.15. The van der Waals surface area contributed by atoms with Crippen molar-refractivity contribution < 1.29 is 27.2 Å². The number of pyridine rings is 1. The third kappa shape index (κ3) is 4.83. The Hall–Kier alpha value is -1.86. The molecule has 2 rings (SSSR count). The van der Waals surface area contributed by atoms with Gasteiger partial charge in [0.1, 0.15) is 5.60 Å². The van der Waals surface area contributed by atoms with Crippen LogP contribution >= 0.6 is 0 Å². The van der Waals surface area contributed by atoms with Gasteiger partial charge in [0.25, 0.3) is 0 Å². The number of aliphatic hydroxyl groups excluding tert-OH is 1. The largest absolute Gasteiger partial charge is 0.481 e. The summed E-state index contributed by atoms with van der Waals surface area (Å²) in [5.74, 6) is 0.255. The molecule has 25 heavy (non-hydrogen) atoms. The molecule has 7 nitrogen and oxygen atoms in total. The average molecular weight is 354 g/mol. The molecule has 0 radical (unpaired) electrons. The van der Waals surface area contributed by atoms with Gasteiger partial charge < -0.3 is 24.6 Å². The lowest BCUT2D eigenvalue weighted by atomic mass is 9.89. The highest BCUT2D eigenvalue weighted by Gasteiger charge is 2.29. The molecule has 1 aromatic rings. The summed E-state index contributed by atoms with van der Waals surface area (Å²) in [5.41, 5.74) is 0.152. The van der Waals surface area contributed by atoms with E-state index in [1.807, 2.05) is 20.8 Å². The quantitative estimate of drug-likeness (QED) is 0.861. The van der Waals surface area contributed by atoms with Gasteiger partial charge in [0.2, 0.25) is 5.88 Å². The van der Waals surface area contributed by atoms with Gasteiger partial charge in [0.15, 0.2) is 0 Å². The van der Waals surface area contributed by atoms with Crippen molar-refractivity contribution >= 4 is 6.09 Å². The Bertz CT molecular complexity index is 678. The van der Waals surface area contributed by atoms with Crippen LogP contribution in [0.15, 0.2) is 6.07 Å². The highest BCUT2D eigenvalue weighted by atomic mass is 16.6. The first-order valence-electron chi connectivity index (χ1n) is 9.35. The predicted octanol–water partition coefficient (Wildman–Crippen LogP) is 2.19. The van der Waals surface area contributed by atoms with E-state index in [0.717, 1.165) is 5.56 Å². The summed E-state index contributed by atoms with van der Waals surface area (Å²) in [7, 11) is 1.43. The number of methoxy groups -OCH3 is 1. The highest BCUT2D eigenvalue weighted by Crippen LogP contribution is 2.35. The second-order valence-corrected chi connectivity index (χ2v) is 7.11. The molecule has 1 amide bonds. The highest BCUT2D eigenvalue weighted by molar-refractivity contribution is 5.68. The minimum absolute atomic E-state index is 0.0371. The second kappa shape index (κ2) is 8.01. The number of amides is 1. The molecule has 0 atom stereocenters. The average Bonchev–Trinajstić information content (AvgIpc) is 2.58. The van der Waals surface area contributed by atoms with E-state index in [1.54, 1.807) is 11.0 Å². The summed E-state index contributed by atoms with van der Waals surface area (Å²) >= 11 is 0. The number of aromatic nitrogens is 1. The third-order valence-electron chi connectivity index (χ3n) is 4.15. The van der Waals surface area contributed by atoms with Gasteiger partial charge in [-0.25, -0.2) is 9.78 Å². The Balaban J connectivity index is 2.19. The van der Waals surface area contributed by atoms with Gasteiger partial charge in [0.05, 0.1) is 28.7 Å². The van der Waals surface area contributed by atoms with Crippen LogP contribution in [0.5, 0.6) is 5.88 Å². The van der Waals surface area contributed by atoms with Gasteiger partial charge in [-0.15, -0.1) is 0 Å². The van der Waals surface area contributed by atoms with Crippen LogP contribution in [0.1, 0.15) is 59.1 Å². The van der Waals surface area contributed by atoms with Crippen molar-refractivity contribution in [1.29, 1.82) is 0 Å². The second-order valence-electron chi connectivity index (χ2n) is 7.11. The predicted molar refractivity (Wildman–Crippen MR) is 92.4 cm³/mol. The van der Waals surface area contributed by atoms with Crippen molar-refractivity contribution in [3.8, 4) is 5.88 Å². The zero-order valence-electron chi connectivity index (χ0n) is 17.2. The van der Waals surface area contributed by atoms with Crippen molar-refractivity contribution in [2.45, 2.75) is 58.3 Å². The first-order chi connectivity index (χ1) is 12.5. The zero-order chi connectivity index (χ0) is 20.4. The number of carbonyl (C=O) groups is 1. The molecule has 0 aliphatic carbocycles. The molecule has 140 valence electrons. The molecule has 1 aromatic heterocycles. The van der Waals surface area contributed by atoms with E-state index in [4.69, 9.17) is 12.2 Å². The topological polar surface area (TPSA) is 92.1 Å². The molecular weight excluding hydrogens is 324 g/mol. The van der Waals surface area contributed by atoms with Crippen LogP contribution in [0.3, 0.4) is 0 Å². The van der Waals surface area contributed by atoms with Crippen LogP contribution < -0.4 is 4.74 Å². The van der Waals surface area contributed by atoms with E-state index in [9.17, 15) is 15.0 Å². The number of likely N-dealkylation sites (tertiary alicyclic amines) is 1. The van der Waals surface area contributed by atoms with Gasteiger partial charge in [-0.2, -0.15) is 0 Å². The smallest absolute Gasteiger partial charge is 0.410 e. The van der Waals surface area contributed by atoms with Crippen LogP contribution in [-0.2, 0) is 17.9 Å². The fourth-order valence-corrected chi connectivity index (χ4v) is 2.93. The summed E-state index contributed by atoms with van der Waals surface area (Å²) in [6, 6.07) is 1.63. The maximum atomic E-state index is 12.2.